The zero-order valence-electron chi connectivity index (χ0n) is 9.77. The van der Waals surface area contributed by atoms with Gasteiger partial charge in [0.25, 0.3) is 0 Å². The lowest BCUT2D eigenvalue weighted by molar-refractivity contribution is 1.39. The summed E-state index contributed by atoms with van der Waals surface area (Å²) in [6.45, 7) is 4.16. The van der Waals surface area contributed by atoms with Crippen molar-refractivity contribution in [3.8, 4) is 0 Å². The highest BCUT2D eigenvalue weighted by Gasteiger charge is 1.87. The summed E-state index contributed by atoms with van der Waals surface area (Å²) in [6.07, 6.45) is 4.31. The zero-order valence-corrected chi connectivity index (χ0v) is 9.77. The van der Waals surface area contributed by atoms with E-state index in [9.17, 15) is 0 Å². The highest BCUT2D eigenvalue weighted by Crippen LogP contribution is 1.89. The van der Waals surface area contributed by atoms with Crippen molar-refractivity contribution in [3.05, 3.63) is 69.4 Å². The second-order valence-corrected chi connectivity index (χ2v) is 3.75. The summed E-state index contributed by atoms with van der Waals surface area (Å²) >= 11 is 0. The van der Waals surface area contributed by atoms with Gasteiger partial charge < -0.3 is 0 Å². The van der Waals surface area contributed by atoms with Crippen LogP contribution in [0.3, 0.4) is 0 Å². The smallest absolute Gasteiger partial charge is 0.0109 e. The van der Waals surface area contributed by atoms with Crippen LogP contribution in [0.2, 0.25) is 0 Å². The van der Waals surface area contributed by atoms with Gasteiger partial charge in [-0.15, -0.1) is 0 Å². The highest BCUT2D eigenvalue weighted by atomic mass is 13.9. The summed E-state index contributed by atoms with van der Waals surface area (Å²) in [5.41, 5.74) is 0. The molecule has 0 aliphatic rings. The summed E-state index contributed by atoms with van der Waals surface area (Å²) in [4.78, 5) is 0. The molecule has 0 bridgehead atoms. The molecule has 0 saturated heterocycles. The maximum atomic E-state index is 2.18. The number of hydrogen-bond acceptors (Lipinski definition) is 0. The number of benzene rings is 2. The van der Waals surface area contributed by atoms with Crippen molar-refractivity contribution >= 4 is 12.2 Å². The van der Waals surface area contributed by atoms with Gasteiger partial charge in [0.1, 0.15) is 0 Å². The van der Waals surface area contributed by atoms with Crippen LogP contribution in [0.1, 0.15) is 13.8 Å². The van der Waals surface area contributed by atoms with Crippen molar-refractivity contribution in [2.75, 3.05) is 0 Å². The maximum absolute atomic E-state index is 2.18. The van der Waals surface area contributed by atoms with Crippen LogP contribution in [0, 0.1) is 10.4 Å². The molecular weight excluding hydrogens is 192 g/mol. The van der Waals surface area contributed by atoms with Gasteiger partial charge in [0, 0.05) is 0 Å². The Balaban J connectivity index is 3.16. The second-order valence-electron chi connectivity index (χ2n) is 3.75. The van der Waals surface area contributed by atoms with E-state index < -0.39 is 0 Å². The third kappa shape index (κ3) is 1.92. The molecule has 80 valence electrons. The fourth-order valence-electron chi connectivity index (χ4n) is 1.99. The van der Waals surface area contributed by atoms with Crippen LogP contribution in [0.15, 0.2) is 48.5 Å². The summed E-state index contributed by atoms with van der Waals surface area (Å²) in [5, 5.41) is 5.19. The number of hydrogen-bond donors (Lipinski definition) is 0. The van der Waals surface area contributed by atoms with E-state index in [1.807, 2.05) is 0 Å². The first-order chi connectivity index (χ1) is 7.86. The molecule has 0 radical (unpaired) electrons. The summed E-state index contributed by atoms with van der Waals surface area (Å²) in [7, 11) is 0. The van der Waals surface area contributed by atoms with Crippen LogP contribution >= 0.6 is 0 Å². The van der Waals surface area contributed by atoms with Gasteiger partial charge in [-0.3, -0.25) is 0 Å². The van der Waals surface area contributed by atoms with Crippen molar-refractivity contribution in [1.29, 1.82) is 0 Å². The Morgan fingerprint density at radius 2 is 1.00 bits per heavy atom. The molecule has 2 aromatic carbocycles. The van der Waals surface area contributed by atoms with Crippen LogP contribution in [0.4, 0.5) is 0 Å². The average Bonchev–Trinajstić information content (AvgIpc) is 2.38. The fraction of sp³-hybridized carbons (Fsp3) is 0.125. The van der Waals surface area contributed by atoms with E-state index in [4.69, 9.17) is 0 Å². The molecule has 0 heterocycles. The quantitative estimate of drug-likeness (QED) is 0.624. The lowest BCUT2D eigenvalue weighted by atomic mass is 10.1. The molecule has 0 unspecified atom stereocenters. The Morgan fingerprint density at radius 3 is 1.38 bits per heavy atom. The Kier molecular flexibility index (Phi) is 3.21. The van der Waals surface area contributed by atoms with Crippen molar-refractivity contribution in [1.82, 2.24) is 0 Å². The van der Waals surface area contributed by atoms with Crippen LogP contribution < -0.4 is 10.4 Å². The molecule has 0 heteroatoms. The SMILES string of the molecule is CC=c1ccccc1=c1ccccc1=CC. The molecule has 2 rings (SSSR count). The first kappa shape index (κ1) is 10.7. The van der Waals surface area contributed by atoms with E-state index in [1.54, 1.807) is 0 Å². The van der Waals surface area contributed by atoms with Gasteiger partial charge in [-0.05, 0) is 34.7 Å². The predicted octanol–water partition coefficient (Wildman–Crippen LogP) is 2.57. The Morgan fingerprint density at radius 1 is 0.625 bits per heavy atom. The summed E-state index contributed by atoms with van der Waals surface area (Å²) < 4.78 is 0. The molecule has 16 heavy (non-hydrogen) atoms. The third-order valence-corrected chi connectivity index (χ3v) is 2.83. The van der Waals surface area contributed by atoms with Crippen LogP contribution in [-0.2, 0) is 0 Å². The Hall–Kier alpha value is -1.82. The first-order valence-electron chi connectivity index (χ1n) is 5.64. The Labute approximate surface area is 95.9 Å². The van der Waals surface area contributed by atoms with Crippen LogP contribution in [0.5, 0.6) is 0 Å². The molecule has 0 spiro atoms. The maximum Gasteiger partial charge on any atom is -0.0109 e. The minimum absolute atomic E-state index is 1.29. The average molecular weight is 208 g/mol. The normalized spacial score (nSPS) is 15.4. The molecule has 0 aromatic heterocycles. The van der Waals surface area contributed by atoms with Crippen molar-refractivity contribution in [2.45, 2.75) is 13.8 Å². The van der Waals surface area contributed by atoms with Gasteiger partial charge in [-0.1, -0.05) is 60.7 Å². The molecular formula is C16H16. The van der Waals surface area contributed by atoms with Crippen molar-refractivity contribution < 1.29 is 0 Å². The molecule has 0 N–H and O–H groups in total. The van der Waals surface area contributed by atoms with Gasteiger partial charge in [-0.25, -0.2) is 0 Å². The molecule has 0 atom stereocenters. The second kappa shape index (κ2) is 4.80. The predicted molar refractivity (Wildman–Crippen MR) is 70.1 cm³/mol. The lowest BCUT2D eigenvalue weighted by Crippen LogP contribution is -2.08. The summed E-state index contributed by atoms with van der Waals surface area (Å²) in [5.74, 6) is 0. The minimum atomic E-state index is 1.29. The molecule has 0 nitrogen and oxygen atoms in total. The van der Waals surface area contributed by atoms with Gasteiger partial charge in [0.15, 0.2) is 0 Å². The zero-order chi connectivity index (χ0) is 11.4. The van der Waals surface area contributed by atoms with Gasteiger partial charge in [0.2, 0.25) is 0 Å². The van der Waals surface area contributed by atoms with Crippen LogP contribution in [-0.4, -0.2) is 0 Å². The van der Waals surface area contributed by atoms with Gasteiger partial charge >= 0.3 is 0 Å². The standard InChI is InChI=1S/C16H16/c1-3-13-9-5-7-11-15(13)16-12-8-6-10-14(16)4-2/h3-12H,1-2H3. The molecule has 0 amide bonds. The number of rotatable bonds is 0. The van der Waals surface area contributed by atoms with Crippen molar-refractivity contribution in [3.63, 3.8) is 0 Å². The van der Waals surface area contributed by atoms with Crippen molar-refractivity contribution in [2.24, 2.45) is 0 Å². The van der Waals surface area contributed by atoms with E-state index in [1.165, 1.54) is 20.9 Å². The van der Waals surface area contributed by atoms with E-state index >= 15 is 0 Å². The van der Waals surface area contributed by atoms with Gasteiger partial charge in [-0.2, -0.15) is 0 Å². The van der Waals surface area contributed by atoms with Crippen LogP contribution in [0.25, 0.3) is 12.2 Å². The van der Waals surface area contributed by atoms with E-state index in [-0.39, 0.29) is 0 Å². The van der Waals surface area contributed by atoms with E-state index in [2.05, 4.69) is 74.5 Å². The minimum Gasteiger partial charge on any atom is -0.0798 e. The van der Waals surface area contributed by atoms with E-state index in [0.717, 1.165) is 0 Å². The highest BCUT2D eigenvalue weighted by molar-refractivity contribution is 5.28. The Bertz CT molecular complexity index is 617. The fourth-order valence-corrected chi connectivity index (χ4v) is 1.99. The molecule has 2 aromatic rings. The molecule has 0 aliphatic carbocycles. The van der Waals surface area contributed by atoms with Gasteiger partial charge in [0.05, 0.1) is 0 Å². The monoisotopic (exact) mass is 208 g/mol. The largest absolute Gasteiger partial charge is 0.0798 e. The first-order valence-corrected chi connectivity index (χ1v) is 5.64. The third-order valence-electron chi connectivity index (χ3n) is 2.83. The molecule has 0 saturated carbocycles. The lowest BCUT2D eigenvalue weighted by Gasteiger charge is -1.93. The topological polar surface area (TPSA) is 0 Å². The molecule has 0 fully saturated rings. The molecule has 0 aliphatic heterocycles. The summed E-state index contributed by atoms with van der Waals surface area (Å²) in [6, 6.07) is 17.0. The van der Waals surface area contributed by atoms with E-state index in [0.29, 0.717) is 0 Å².